The van der Waals surface area contributed by atoms with Gasteiger partial charge < -0.3 is 9.67 Å². The molecule has 1 heterocycles. The van der Waals surface area contributed by atoms with Gasteiger partial charge in [-0.25, -0.2) is 4.98 Å². The topological polar surface area (TPSA) is 38.1 Å². The lowest BCUT2D eigenvalue weighted by Gasteiger charge is -2.09. The molecule has 1 aromatic rings. The summed E-state index contributed by atoms with van der Waals surface area (Å²) in [6.07, 6.45) is 10.2. The number of rotatable bonds is 7. The number of aromatic nitrogens is 2. The molecule has 0 aliphatic heterocycles. The van der Waals surface area contributed by atoms with Crippen LogP contribution in [-0.2, 0) is 7.05 Å². The van der Waals surface area contributed by atoms with Crippen LogP contribution in [0.1, 0.15) is 57.4 Å². The van der Waals surface area contributed by atoms with Gasteiger partial charge in [0.05, 0.1) is 0 Å². The summed E-state index contributed by atoms with van der Waals surface area (Å²) < 4.78 is 1.89. The highest BCUT2D eigenvalue weighted by Crippen LogP contribution is 2.17. The summed E-state index contributed by atoms with van der Waals surface area (Å²) in [7, 11) is 1.92. The summed E-state index contributed by atoms with van der Waals surface area (Å²) in [6, 6.07) is 0. The third kappa shape index (κ3) is 4.04. The van der Waals surface area contributed by atoms with E-state index in [1.165, 1.54) is 25.7 Å². The highest BCUT2D eigenvalue weighted by Gasteiger charge is 2.11. The molecule has 0 aliphatic carbocycles. The molecule has 15 heavy (non-hydrogen) atoms. The van der Waals surface area contributed by atoms with Gasteiger partial charge in [0.25, 0.3) is 0 Å². The largest absolute Gasteiger partial charge is 0.385 e. The van der Waals surface area contributed by atoms with E-state index in [-0.39, 0.29) is 0 Å². The lowest BCUT2D eigenvalue weighted by molar-refractivity contribution is 0.150. The normalized spacial score (nSPS) is 13.0. The molecule has 0 saturated heterocycles. The van der Waals surface area contributed by atoms with E-state index < -0.39 is 6.10 Å². The highest BCUT2D eigenvalue weighted by atomic mass is 16.3. The Morgan fingerprint density at radius 2 is 2.07 bits per heavy atom. The molecule has 0 radical (unpaired) electrons. The van der Waals surface area contributed by atoms with Crippen LogP contribution >= 0.6 is 0 Å². The average Bonchev–Trinajstić information content (AvgIpc) is 2.64. The lowest BCUT2D eigenvalue weighted by atomic mass is 10.1. The minimum Gasteiger partial charge on any atom is -0.385 e. The maximum atomic E-state index is 9.86. The summed E-state index contributed by atoms with van der Waals surface area (Å²) in [5.74, 6) is 0.783. The number of hydrogen-bond acceptors (Lipinski definition) is 2. The van der Waals surface area contributed by atoms with Crippen molar-refractivity contribution < 1.29 is 5.11 Å². The van der Waals surface area contributed by atoms with Crippen LogP contribution in [0, 0.1) is 0 Å². The first kappa shape index (κ1) is 12.2. The van der Waals surface area contributed by atoms with E-state index in [1.54, 1.807) is 6.20 Å². The van der Waals surface area contributed by atoms with Gasteiger partial charge in [0.2, 0.25) is 0 Å². The van der Waals surface area contributed by atoms with E-state index in [4.69, 9.17) is 0 Å². The standard InChI is InChI=1S/C12H22N2O/c1-3-4-5-6-7-8-11(15)12-13-9-10-14(12)2/h9-11,15H,3-8H2,1-2H3. The Labute approximate surface area is 92.1 Å². The van der Waals surface area contributed by atoms with Gasteiger partial charge in [-0.1, -0.05) is 39.0 Å². The molecular weight excluding hydrogens is 188 g/mol. The minimum absolute atomic E-state index is 0.397. The maximum absolute atomic E-state index is 9.86. The van der Waals surface area contributed by atoms with E-state index >= 15 is 0 Å². The molecule has 0 spiro atoms. The van der Waals surface area contributed by atoms with Gasteiger partial charge in [0, 0.05) is 19.4 Å². The molecule has 3 nitrogen and oxygen atoms in total. The van der Waals surface area contributed by atoms with Crippen molar-refractivity contribution in [1.82, 2.24) is 9.55 Å². The molecule has 0 aromatic carbocycles. The molecule has 1 aromatic heterocycles. The predicted octanol–water partition coefficient (Wildman–Crippen LogP) is 2.81. The maximum Gasteiger partial charge on any atom is 0.137 e. The van der Waals surface area contributed by atoms with Gasteiger partial charge in [0.15, 0.2) is 0 Å². The van der Waals surface area contributed by atoms with Crippen molar-refractivity contribution in [2.45, 2.75) is 51.6 Å². The van der Waals surface area contributed by atoms with Crippen molar-refractivity contribution in [2.75, 3.05) is 0 Å². The van der Waals surface area contributed by atoms with E-state index in [2.05, 4.69) is 11.9 Å². The molecule has 86 valence electrons. The van der Waals surface area contributed by atoms with Crippen molar-refractivity contribution in [3.8, 4) is 0 Å². The van der Waals surface area contributed by atoms with Gasteiger partial charge >= 0.3 is 0 Å². The second-order valence-electron chi connectivity index (χ2n) is 4.12. The van der Waals surface area contributed by atoms with Crippen LogP contribution < -0.4 is 0 Å². The summed E-state index contributed by atoms with van der Waals surface area (Å²) in [6.45, 7) is 2.21. The van der Waals surface area contributed by atoms with Crippen LogP contribution in [0.25, 0.3) is 0 Å². The van der Waals surface area contributed by atoms with Crippen molar-refractivity contribution >= 4 is 0 Å². The average molecular weight is 210 g/mol. The highest BCUT2D eigenvalue weighted by molar-refractivity contribution is 4.95. The van der Waals surface area contributed by atoms with Gasteiger partial charge in [-0.05, 0) is 6.42 Å². The summed E-state index contributed by atoms with van der Waals surface area (Å²) in [5.41, 5.74) is 0. The minimum atomic E-state index is -0.397. The van der Waals surface area contributed by atoms with Crippen molar-refractivity contribution in [1.29, 1.82) is 0 Å². The van der Waals surface area contributed by atoms with Crippen molar-refractivity contribution in [2.24, 2.45) is 7.05 Å². The lowest BCUT2D eigenvalue weighted by Crippen LogP contribution is -2.05. The fraction of sp³-hybridized carbons (Fsp3) is 0.750. The Morgan fingerprint density at radius 3 is 2.67 bits per heavy atom. The molecule has 0 bridgehead atoms. The molecular formula is C12H22N2O. The summed E-state index contributed by atoms with van der Waals surface area (Å²) in [5, 5.41) is 9.86. The third-order valence-corrected chi connectivity index (χ3v) is 2.74. The second kappa shape index (κ2) is 6.62. The van der Waals surface area contributed by atoms with E-state index in [0.29, 0.717) is 0 Å². The fourth-order valence-electron chi connectivity index (χ4n) is 1.77. The van der Waals surface area contributed by atoms with E-state index in [9.17, 15) is 5.11 Å². The number of hydrogen-bond donors (Lipinski definition) is 1. The Balaban J connectivity index is 2.19. The molecule has 0 fully saturated rings. The van der Waals surface area contributed by atoms with Crippen LogP contribution in [0.4, 0.5) is 0 Å². The Morgan fingerprint density at radius 1 is 1.33 bits per heavy atom. The number of aliphatic hydroxyl groups excluding tert-OH is 1. The Bertz CT molecular complexity index is 270. The zero-order valence-electron chi connectivity index (χ0n) is 9.82. The number of imidazole rings is 1. The Hall–Kier alpha value is -0.830. The number of unbranched alkanes of at least 4 members (excludes halogenated alkanes) is 4. The van der Waals surface area contributed by atoms with Gasteiger partial charge in [-0.3, -0.25) is 0 Å². The quantitative estimate of drug-likeness (QED) is 0.703. The van der Waals surface area contributed by atoms with Crippen LogP contribution in [0.5, 0.6) is 0 Å². The monoisotopic (exact) mass is 210 g/mol. The molecule has 1 unspecified atom stereocenters. The summed E-state index contributed by atoms with van der Waals surface area (Å²) >= 11 is 0. The number of aliphatic hydroxyl groups is 1. The zero-order valence-corrected chi connectivity index (χ0v) is 9.82. The predicted molar refractivity (Wildman–Crippen MR) is 61.5 cm³/mol. The van der Waals surface area contributed by atoms with Crippen molar-refractivity contribution in [3.05, 3.63) is 18.2 Å². The van der Waals surface area contributed by atoms with Crippen LogP contribution in [0.3, 0.4) is 0 Å². The molecule has 0 saturated carbocycles. The van der Waals surface area contributed by atoms with E-state index in [0.717, 1.165) is 18.7 Å². The molecule has 0 amide bonds. The number of nitrogens with zero attached hydrogens (tertiary/aromatic N) is 2. The van der Waals surface area contributed by atoms with Gasteiger partial charge in [-0.15, -0.1) is 0 Å². The SMILES string of the molecule is CCCCCCCC(O)c1nccn1C. The molecule has 3 heteroatoms. The molecule has 1 rings (SSSR count). The van der Waals surface area contributed by atoms with Crippen molar-refractivity contribution in [3.63, 3.8) is 0 Å². The zero-order chi connectivity index (χ0) is 11.1. The molecule has 0 aliphatic rings. The molecule has 1 N–H and O–H groups in total. The third-order valence-electron chi connectivity index (χ3n) is 2.74. The second-order valence-corrected chi connectivity index (χ2v) is 4.12. The molecule has 1 atom stereocenters. The first-order valence-corrected chi connectivity index (χ1v) is 5.91. The van der Waals surface area contributed by atoms with Crippen LogP contribution in [0.15, 0.2) is 12.4 Å². The Kier molecular flexibility index (Phi) is 5.40. The fourth-order valence-corrected chi connectivity index (χ4v) is 1.77. The van der Waals surface area contributed by atoms with Gasteiger partial charge in [-0.2, -0.15) is 0 Å². The van der Waals surface area contributed by atoms with Gasteiger partial charge in [0.1, 0.15) is 11.9 Å². The van der Waals surface area contributed by atoms with Crippen LogP contribution in [-0.4, -0.2) is 14.7 Å². The summed E-state index contributed by atoms with van der Waals surface area (Å²) in [4.78, 5) is 4.14. The first-order chi connectivity index (χ1) is 7.25. The number of aryl methyl sites for hydroxylation is 1. The van der Waals surface area contributed by atoms with Crippen LogP contribution in [0.2, 0.25) is 0 Å². The van der Waals surface area contributed by atoms with E-state index in [1.807, 2.05) is 17.8 Å². The first-order valence-electron chi connectivity index (χ1n) is 5.91. The smallest absolute Gasteiger partial charge is 0.137 e.